The molecule has 0 aliphatic carbocycles. The molecule has 2 heterocycles. The summed E-state index contributed by atoms with van der Waals surface area (Å²) in [4.78, 5) is 18.7. The van der Waals surface area contributed by atoms with Crippen LogP contribution in [0.5, 0.6) is 0 Å². The molecular formula is C21H18N4O2. The van der Waals surface area contributed by atoms with Gasteiger partial charge in [0.25, 0.3) is 5.69 Å². The molecule has 134 valence electrons. The summed E-state index contributed by atoms with van der Waals surface area (Å²) < 4.78 is 0. The standard InChI is InChI=1S/C21H18N4O2/c1-14-20(17-9-2-3-10-18(17)23-14)21(24-19-11-4-5-12-22-19)15-7-6-8-16(13-15)25(26)27/h2-13,21,23H,1H3,(H,22,24)/t21-/m0/s1. The molecule has 4 aromatic rings. The van der Waals surface area contributed by atoms with Gasteiger partial charge in [-0.15, -0.1) is 0 Å². The Morgan fingerprint density at radius 1 is 1.07 bits per heavy atom. The topological polar surface area (TPSA) is 83.8 Å². The van der Waals surface area contributed by atoms with Crippen LogP contribution in [0, 0.1) is 17.0 Å². The van der Waals surface area contributed by atoms with E-state index in [2.05, 4.69) is 21.4 Å². The normalized spacial score (nSPS) is 12.0. The number of aromatic nitrogens is 2. The first-order valence-electron chi connectivity index (χ1n) is 8.62. The molecule has 0 aliphatic rings. The molecule has 2 aromatic carbocycles. The molecule has 0 bridgehead atoms. The summed E-state index contributed by atoms with van der Waals surface area (Å²) in [5.41, 5.74) is 3.97. The quantitative estimate of drug-likeness (QED) is 0.389. The Kier molecular flexibility index (Phi) is 4.30. The third kappa shape index (κ3) is 3.25. The highest BCUT2D eigenvalue weighted by atomic mass is 16.6. The molecule has 6 nitrogen and oxygen atoms in total. The predicted molar refractivity (Wildman–Crippen MR) is 106 cm³/mol. The molecule has 0 saturated heterocycles. The van der Waals surface area contributed by atoms with Gasteiger partial charge in [-0.3, -0.25) is 10.1 Å². The number of nitro groups is 1. The number of para-hydroxylation sites is 1. The maximum Gasteiger partial charge on any atom is 0.269 e. The van der Waals surface area contributed by atoms with Gasteiger partial charge in [-0.2, -0.15) is 0 Å². The van der Waals surface area contributed by atoms with Gasteiger partial charge in [-0.05, 0) is 30.7 Å². The lowest BCUT2D eigenvalue weighted by atomic mass is 9.95. The lowest BCUT2D eigenvalue weighted by molar-refractivity contribution is -0.384. The van der Waals surface area contributed by atoms with E-state index in [0.29, 0.717) is 5.82 Å². The summed E-state index contributed by atoms with van der Waals surface area (Å²) in [6.07, 6.45) is 1.72. The minimum Gasteiger partial charge on any atom is -0.359 e. The fourth-order valence-electron chi connectivity index (χ4n) is 3.41. The monoisotopic (exact) mass is 358 g/mol. The molecule has 0 unspecified atom stereocenters. The number of hydrogen-bond acceptors (Lipinski definition) is 4. The van der Waals surface area contributed by atoms with Crippen LogP contribution in [0.4, 0.5) is 11.5 Å². The number of aryl methyl sites for hydroxylation is 1. The van der Waals surface area contributed by atoms with E-state index in [1.54, 1.807) is 18.3 Å². The lowest BCUT2D eigenvalue weighted by Crippen LogP contribution is -2.14. The van der Waals surface area contributed by atoms with E-state index in [4.69, 9.17) is 0 Å². The van der Waals surface area contributed by atoms with Gasteiger partial charge in [-0.25, -0.2) is 4.98 Å². The van der Waals surface area contributed by atoms with Gasteiger partial charge < -0.3 is 10.3 Å². The predicted octanol–water partition coefficient (Wildman–Crippen LogP) is 4.98. The van der Waals surface area contributed by atoms with Crippen molar-refractivity contribution in [3.05, 3.63) is 99.9 Å². The molecule has 27 heavy (non-hydrogen) atoms. The molecule has 0 fully saturated rings. The Morgan fingerprint density at radius 3 is 2.67 bits per heavy atom. The number of hydrogen-bond donors (Lipinski definition) is 2. The number of nitrogens with zero attached hydrogens (tertiary/aromatic N) is 2. The van der Waals surface area contributed by atoms with Crippen molar-refractivity contribution in [2.24, 2.45) is 0 Å². The van der Waals surface area contributed by atoms with E-state index >= 15 is 0 Å². The average Bonchev–Trinajstić information content (AvgIpc) is 3.02. The number of fused-ring (bicyclic) bond motifs is 1. The fourth-order valence-corrected chi connectivity index (χ4v) is 3.41. The molecule has 1 atom stereocenters. The smallest absolute Gasteiger partial charge is 0.269 e. The van der Waals surface area contributed by atoms with E-state index in [0.717, 1.165) is 27.7 Å². The molecule has 0 aliphatic heterocycles. The maximum absolute atomic E-state index is 11.3. The van der Waals surface area contributed by atoms with Crippen molar-refractivity contribution >= 4 is 22.4 Å². The van der Waals surface area contributed by atoms with Gasteiger partial charge >= 0.3 is 0 Å². The number of benzene rings is 2. The van der Waals surface area contributed by atoms with Crippen LogP contribution >= 0.6 is 0 Å². The number of anilines is 1. The maximum atomic E-state index is 11.3. The van der Waals surface area contributed by atoms with Crippen LogP contribution in [-0.2, 0) is 0 Å². The Bertz CT molecular complexity index is 1110. The number of non-ortho nitro benzene ring substituents is 1. The highest BCUT2D eigenvalue weighted by Gasteiger charge is 2.22. The summed E-state index contributed by atoms with van der Waals surface area (Å²) in [5, 5.41) is 15.8. The molecule has 2 aromatic heterocycles. The molecule has 0 radical (unpaired) electrons. The largest absolute Gasteiger partial charge is 0.359 e. The van der Waals surface area contributed by atoms with E-state index < -0.39 is 0 Å². The van der Waals surface area contributed by atoms with Gasteiger partial charge in [0.15, 0.2) is 0 Å². The second-order valence-corrected chi connectivity index (χ2v) is 6.35. The fraction of sp³-hybridized carbons (Fsp3) is 0.0952. The van der Waals surface area contributed by atoms with E-state index in [1.165, 1.54) is 6.07 Å². The van der Waals surface area contributed by atoms with Crippen molar-refractivity contribution in [3.63, 3.8) is 0 Å². The van der Waals surface area contributed by atoms with E-state index in [9.17, 15) is 10.1 Å². The second-order valence-electron chi connectivity index (χ2n) is 6.35. The van der Waals surface area contributed by atoms with Crippen LogP contribution < -0.4 is 5.32 Å². The van der Waals surface area contributed by atoms with Gasteiger partial charge in [0.2, 0.25) is 0 Å². The zero-order valence-electron chi connectivity index (χ0n) is 14.7. The number of aromatic amines is 1. The Balaban J connectivity index is 1.89. The Hall–Kier alpha value is -3.67. The summed E-state index contributed by atoms with van der Waals surface area (Å²) in [6, 6.07) is 20.1. The second kappa shape index (κ2) is 6.92. The van der Waals surface area contributed by atoms with Gasteiger partial charge in [0.05, 0.1) is 11.0 Å². The first-order valence-corrected chi connectivity index (χ1v) is 8.62. The van der Waals surface area contributed by atoms with Crippen molar-refractivity contribution in [3.8, 4) is 0 Å². The first kappa shape index (κ1) is 16.8. The minimum atomic E-state index is -0.372. The zero-order chi connectivity index (χ0) is 18.8. The third-order valence-electron chi connectivity index (χ3n) is 4.60. The number of nitro benzene ring substituents is 1. The zero-order valence-corrected chi connectivity index (χ0v) is 14.7. The van der Waals surface area contributed by atoms with Crippen molar-refractivity contribution < 1.29 is 4.92 Å². The third-order valence-corrected chi connectivity index (χ3v) is 4.60. The summed E-state index contributed by atoms with van der Waals surface area (Å²) >= 11 is 0. The number of pyridine rings is 1. The number of rotatable bonds is 5. The van der Waals surface area contributed by atoms with Crippen molar-refractivity contribution in [1.82, 2.24) is 9.97 Å². The van der Waals surface area contributed by atoms with Gasteiger partial charge in [0, 0.05) is 40.5 Å². The molecule has 0 amide bonds. The molecule has 0 spiro atoms. The van der Waals surface area contributed by atoms with Crippen LogP contribution in [0.25, 0.3) is 10.9 Å². The van der Waals surface area contributed by atoms with Crippen LogP contribution in [0.15, 0.2) is 72.9 Å². The lowest BCUT2D eigenvalue weighted by Gasteiger charge is -2.21. The van der Waals surface area contributed by atoms with Crippen molar-refractivity contribution in [2.45, 2.75) is 13.0 Å². The van der Waals surface area contributed by atoms with E-state index in [-0.39, 0.29) is 16.7 Å². The molecular weight excluding hydrogens is 340 g/mol. The minimum absolute atomic E-state index is 0.0674. The highest BCUT2D eigenvalue weighted by molar-refractivity contribution is 5.86. The van der Waals surface area contributed by atoms with Crippen LogP contribution in [0.3, 0.4) is 0 Å². The summed E-state index contributed by atoms with van der Waals surface area (Å²) in [7, 11) is 0. The van der Waals surface area contributed by atoms with Gasteiger partial charge in [-0.1, -0.05) is 36.4 Å². The van der Waals surface area contributed by atoms with Crippen LogP contribution in [-0.4, -0.2) is 14.9 Å². The van der Waals surface area contributed by atoms with Crippen molar-refractivity contribution in [1.29, 1.82) is 0 Å². The SMILES string of the molecule is Cc1[nH]c2ccccc2c1[C@@H](Nc1ccccn1)c1cccc([N+](=O)[O-])c1. The van der Waals surface area contributed by atoms with E-state index in [1.807, 2.05) is 49.4 Å². The molecule has 0 saturated carbocycles. The molecule has 2 N–H and O–H groups in total. The summed E-state index contributed by atoms with van der Waals surface area (Å²) in [5.74, 6) is 0.707. The first-order chi connectivity index (χ1) is 13.1. The highest BCUT2D eigenvalue weighted by Crippen LogP contribution is 2.35. The number of H-pyrrole nitrogens is 1. The van der Waals surface area contributed by atoms with Gasteiger partial charge in [0.1, 0.15) is 5.82 Å². The van der Waals surface area contributed by atoms with Crippen molar-refractivity contribution in [2.75, 3.05) is 5.32 Å². The van der Waals surface area contributed by atoms with Crippen LogP contribution in [0.1, 0.15) is 22.9 Å². The Morgan fingerprint density at radius 2 is 1.89 bits per heavy atom. The Labute approximate surface area is 156 Å². The molecule has 6 heteroatoms. The molecule has 4 rings (SSSR count). The van der Waals surface area contributed by atoms with Crippen LogP contribution in [0.2, 0.25) is 0 Å². The summed E-state index contributed by atoms with van der Waals surface area (Å²) in [6.45, 7) is 2.01. The average molecular weight is 358 g/mol. The number of nitrogens with one attached hydrogen (secondary N) is 2.